The normalized spacial score (nSPS) is 53.0. The Hall–Kier alpha value is -0.480. The molecule has 4 aliphatic carbocycles. The van der Waals surface area contributed by atoms with Crippen molar-refractivity contribution < 1.29 is 0 Å². The maximum atomic E-state index is 11.0. The van der Waals surface area contributed by atoms with Crippen LogP contribution in [0.3, 0.4) is 0 Å². The summed E-state index contributed by atoms with van der Waals surface area (Å²) in [6.07, 6.45) is 19.8. The van der Waals surface area contributed by atoms with Crippen molar-refractivity contribution in [2.45, 2.75) is 128 Å². The molecule has 0 aromatic rings. The number of fused-ring (bicyclic) bond motifs is 3. The number of nitriles is 3. The van der Waals surface area contributed by atoms with Crippen LogP contribution >= 0.6 is 35.3 Å². The Morgan fingerprint density at radius 3 is 1.10 bits per heavy atom. The molecule has 3 heterocycles. The zero-order valence-corrected chi connectivity index (χ0v) is 25.8. The van der Waals surface area contributed by atoms with Crippen molar-refractivity contribution in [3.63, 3.8) is 0 Å². The number of hydrogen-bond acceptors (Lipinski definition) is 6. The van der Waals surface area contributed by atoms with E-state index in [0.717, 1.165) is 33.5 Å². The minimum atomic E-state index is -0.282. The van der Waals surface area contributed by atoms with E-state index in [1.54, 1.807) is 0 Å². The molecule has 0 amide bonds. The molecule has 15 atom stereocenters. The summed E-state index contributed by atoms with van der Waals surface area (Å²) in [5.41, 5.74) is 0. The van der Waals surface area contributed by atoms with Crippen molar-refractivity contribution in [3.05, 3.63) is 0 Å². The molecule has 3 aliphatic heterocycles. The van der Waals surface area contributed by atoms with Gasteiger partial charge >= 0.3 is 0 Å². The lowest BCUT2D eigenvalue weighted by Gasteiger charge is -2.51. The first-order valence-electron chi connectivity index (χ1n) is 16.4. The molecule has 0 N–H and O–H groups in total. The Morgan fingerprint density at radius 1 is 0.385 bits per heavy atom. The van der Waals surface area contributed by atoms with Gasteiger partial charge in [0.1, 0.15) is 0 Å². The maximum Gasteiger partial charge on any atom is 0.0676 e. The number of thioether (sulfide) groups is 3. The molecule has 6 heteroatoms. The summed E-state index contributed by atoms with van der Waals surface area (Å²) >= 11 is 6.58. The number of rotatable bonds is 3. The predicted octanol–water partition coefficient (Wildman–Crippen LogP) is 8.46. The monoisotopic (exact) mass is 579 g/mol. The summed E-state index contributed by atoms with van der Waals surface area (Å²) in [5, 5.41) is 36.2. The van der Waals surface area contributed by atoms with Gasteiger partial charge in [-0.05, 0) is 87.4 Å². The number of hydrogen-bond donors (Lipinski definition) is 0. The first-order valence-corrected chi connectivity index (χ1v) is 19.2. The fraction of sp³-hybridized carbons (Fsp3) is 0.909. The molecular weight excluding hydrogens is 535 g/mol. The average molecular weight is 580 g/mol. The van der Waals surface area contributed by atoms with E-state index in [1.807, 2.05) is 0 Å². The van der Waals surface area contributed by atoms with E-state index in [4.69, 9.17) is 0 Å². The van der Waals surface area contributed by atoms with Gasteiger partial charge in [-0.15, -0.1) is 0 Å². The quantitative estimate of drug-likeness (QED) is 0.334. The van der Waals surface area contributed by atoms with E-state index in [0.29, 0.717) is 15.7 Å². The fourth-order valence-electron chi connectivity index (χ4n) is 10.7. The summed E-state index contributed by atoms with van der Waals surface area (Å²) in [7, 11) is 0. The molecule has 3 saturated heterocycles. The Balaban J connectivity index is 1.25. The molecule has 3 nitrogen and oxygen atoms in total. The summed E-state index contributed by atoms with van der Waals surface area (Å²) < 4.78 is 0. The fourth-order valence-corrected chi connectivity index (χ4v) is 17.0. The molecule has 39 heavy (non-hydrogen) atoms. The molecular formula is C33H45N3S3. The third-order valence-corrected chi connectivity index (χ3v) is 17.9. The first kappa shape index (κ1) is 27.4. The molecule has 210 valence electrons. The zero-order chi connectivity index (χ0) is 26.5. The van der Waals surface area contributed by atoms with Crippen molar-refractivity contribution >= 4 is 35.3 Å². The van der Waals surface area contributed by atoms with E-state index < -0.39 is 0 Å². The first-order chi connectivity index (χ1) is 19.2. The van der Waals surface area contributed by atoms with Crippen LogP contribution in [0.5, 0.6) is 0 Å². The van der Waals surface area contributed by atoms with Crippen LogP contribution in [0.1, 0.15) is 96.3 Å². The zero-order valence-electron chi connectivity index (χ0n) is 23.3. The lowest BCUT2D eigenvalue weighted by Crippen LogP contribution is -2.53. The topological polar surface area (TPSA) is 71.4 Å². The lowest BCUT2D eigenvalue weighted by molar-refractivity contribution is 0.0439. The van der Waals surface area contributed by atoms with Crippen LogP contribution in [0.15, 0.2) is 0 Å². The van der Waals surface area contributed by atoms with Gasteiger partial charge in [0.2, 0.25) is 0 Å². The average Bonchev–Trinajstić information content (AvgIpc) is 3.71. The summed E-state index contributed by atoms with van der Waals surface area (Å²) in [5.74, 6) is 2.37. The highest BCUT2D eigenvalue weighted by atomic mass is 32.2. The summed E-state index contributed by atoms with van der Waals surface area (Å²) in [6.45, 7) is 0. The second-order valence-corrected chi connectivity index (χ2v) is 18.6. The molecule has 0 spiro atoms. The smallest absolute Gasteiger partial charge is 0.0676 e. The lowest BCUT2D eigenvalue weighted by atomic mass is 9.54. The highest BCUT2D eigenvalue weighted by molar-refractivity contribution is 8.01. The van der Waals surface area contributed by atoms with Crippen molar-refractivity contribution in [2.75, 3.05) is 0 Å². The van der Waals surface area contributed by atoms with Crippen molar-refractivity contribution in [2.24, 2.45) is 53.3 Å². The third-order valence-electron chi connectivity index (χ3n) is 12.4. The van der Waals surface area contributed by atoms with Crippen molar-refractivity contribution in [1.29, 1.82) is 15.8 Å². The molecule has 15 unspecified atom stereocenters. The van der Waals surface area contributed by atoms with E-state index in [-0.39, 0.29) is 35.5 Å². The molecule has 7 fully saturated rings. The summed E-state index contributed by atoms with van der Waals surface area (Å²) in [4.78, 5) is 0. The Kier molecular flexibility index (Phi) is 8.18. The highest BCUT2D eigenvalue weighted by Crippen LogP contribution is 2.63. The van der Waals surface area contributed by atoms with Crippen LogP contribution in [0.4, 0.5) is 0 Å². The molecule has 0 aromatic heterocycles. The van der Waals surface area contributed by atoms with Crippen LogP contribution in [0.25, 0.3) is 0 Å². The Labute approximate surface area is 249 Å². The third kappa shape index (κ3) is 4.88. The van der Waals surface area contributed by atoms with E-state index in [1.165, 1.54) is 96.3 Å². The van der Waals surface area contributed by atoms with E-state index >= 15 is 0 Å². The van der Waals surface area contributed by atoms with Crippen LogP contribution < -0.4 is 0 Å². The summed E-state index contributed by atoms with van der Waals surface area (Å²) in [6, 6.07) is 8.53. The molecule has 0 bridgehead atoms. The predicted molar refractivity (Wildman–Crippen MR) is 163 cm³/mol. The second kappa shape index (κ2) is 11.7. The van der Waals surface area contributed by atoms with Crippen LogP contribution in [-0.4, -0.2) is 31.5 Å². The molecule has 7 rings (SSSR count). The van der Waals surface area contributed by atoms with Crippen LogP contribution in [0.2, 0.25) is 0 Å². The molecule has 0 aromatic carbocycles. The van der Waals surface area contributed by atoms with Crippen molar-refractivity contribution in [3.8, 4) is 18.2 Å². The van der Waals surface area contributed by atoms with Gasteiger partial charge in [0, 0.05) is 37.4 Å². The van der Waals surface area contributed by atoms with E-state index in [2.05, 4.69) is 53.5 Å². The largest absolute Gasteiger partial charge is 0.198 e. The van der Waals surface area contributed by atoms with Gasteiger partial charge in [0.05, 0.1) is 36.0 Å². The number of nitrogens with zero attached hydrogens (tertiary/aromatic N) is 3. The van der Waals surface area contributed by atoms with Gasteiger partial charge in [-0.2, -0.15) is 51.1 Å². The molecule has 4 saturated carbocycles. The van der Waals surface area contributed by atoms with Crippen molar-refractivity contribution in [1.82, 2.24) is 0 Å². The standard InChI is InChI=1S/C33H45N3S3/c34-16-22-23(17-35)32(29-14-20-8-2-5-11-26(20)38-29)33(30-15-21-9-3-6-12-27(21)39-30)24(18-36)31(22)28-13-19-7-1-4-10-25(19)37-28/h19-33H,1-15H2. The second-order valence-electron chi connectivity index (χ2n) is 14.2. The Morgan fingerprint density at radius 2 is 0.718 bits per heavy atom. The van der Waals surface area contributed by atoms with Gasteiger partial charge < -0.3 is 0 Å². The van der Waals surface area contributed by atoms with Gasteiger partial charge in [0.15, 0.2) is 0 Å². The minimum Gasteiger partial charge on any atom is -0.198 e. The molecule has 0 radical (unpaired) electrons. The molecule has 7 aliphatic rings. The maximum absolute atomic E-state index is 11.0. The Bertz CT molecular complexity index is 987. The van der Waals surface area contributed by atoms with Gasteiger partial charge in [-0.1, -0.05) is 38.5 Å². The highest BCUT2D eigenvalue weighted by Gasteiger charge is 2.61. The van der Waals surface area contributed by atoms with Gasteiger partial charge in [0.25, 0.3) is 0 Å². The van der Waals surface area contributed by atoms with Gasteiger partial charge in [-0.25, -0.2) is 0 Å². The van der Waals surface area contributed by atoms with E-state index in [9.17, 15) is 15.8 Å². The van der Waals surface area contributed by atoms with Crippen LogP contribution in [0, 0.1) is 87.3 Å². The SMILES string of the molecule is N#CC1C(C#N)C(C2CC3CCCCC3S2)C(C2CC3CCCCC3S2)C(C#N)C1C1CC2CCCCC2S1. The van der Waals surface area contributed by atoms with Crippen LogP contribution in [-0.2, 0) is 0 Å². The minimum absolute atomic E-state index is 0.0669. The van der Waals surface area contributed by atoms with Gasteiger partial charge in [-0.3, -0.25) is 0 Å².